The Kier molecular flexibility index (Phi) is 3.44. The topological polar surface area (TPSA) is 127 Å². The van der Waals surface area contributed by atoms with Crippen LogP contribution in [0.5, 0.6) is 5.75 Å². The minimum Gasteiger partial charge on any atom is -0.507 e. The summed E-state index contributed by atoms with van der Waals surface area (Å²) >= 11 is 0. The number of aromatic nitrogens is 6. The monoisotopic (exact) mass is 329 g/mol. The van der Waals surface area contributed by atoms with Crippen LogP contribution in [0.3, 0.4) is 0 Å². The Morgan fingerprint density at radius 3 is 2.68 bits per heavy atom. The summed E-state index contributed by atoms with van der Waals surface area (Å²) < 4.78 is 0. The van der Waals surface area contributed by atoms with Gasteiger partial charge in [0.15, 0.2) is 0 Å². The molecule has 8 heteroatoms. The van der Waals surface area contributed by atoms with Crippen LogP contribution in [0.15, 0.2) is 48.5 Å². The normalized spacial score (nSPS) is 10.5. The van der Waals surface area contributed by atoms with Crippen molar-refractivity contribution >= 4 is 0 Å². The van der Waals surface area contributed by atoms with Crippen LogP contribution < -0.4 is 0 Å². The van der Waals surface area contributed by atoms with Gasteiger partial charge in [-0.3, -0.25) is 5.10 Å². The molecule has 0 aliphatic heterocycles. The van der Waals surface area contributed by atoms with Crippen LogP contribution in [0.2, 0.25) is 0 Å². The first kappa shape index (κ1) is 14.6. The van der Waals surface area contributed by atoms with E-state index in [0.29, 0.717) is 33.9 Å². The quantitative estimate of drug-likeness (QED) is 0.530. The molecule has 2 aromatic heterocycles. The fourth-order valence-electron chi connectivity index (χ4n) is 2.58. The first-order valence-electron chi connectivity index (χ1n) is 7.38. The molecule has 0 amide bonds. The molecule has 0 radical (unpaired) electrons. The van der Waals surface area contributed by atoms with E-state index in [-0.39, 0.29) is 5.75 Å². The second-order valence-electron chi connectivity index (χ2n) is 5.29. The molecule has 0 aliphatic carbocycles. The SMILES string of the molecule is N#Cc1ccccc1-c1cc(-c2cc(-c3nn[nH]n3)ccc2O)n[nH]1. The van der Waals surface area contributed by atoms with Crippen molar-refractivity contribution in [2.45, 2.75) is 0 Å². The number of tetrazole rings is 1. The van der Waals surface area contributed by atoms with Crippen molar-refractivity contribution in [3.05, 3.63) is 54.1 Å². The van der Waals surface area contributed by atoms with Gasteiger partial charge >= 0.3 is 0 Å². The summed E-state index contributed by atoms with van der Waals surface area (Å²) in [6.45, 7) is 0. The molecular formula is C17H11N7O. The number of rotatable bonds is 3. The second kappa shape index (κ2) is 5.90. The summed E-state index contributed by atoms with van der Waals surface area (Å²) in [4.78, 5) is 0. The fourth-order valence-corrected chi connectivity index (χ4v) is 2.58. The van der Waals surface area contributed by atoms with Crippen LogP contribution in [0.1, 0.15) is 5.56 Å². The highest BCUT2D eigenvalue weighted by atomic mass is 16.3. The van der Waals surface area contributed by atoms with E-state index >= 15 is 0 Å². The lowest BCUT2D eigenvalue weighted by Gasteiger charge is -2.03. The lowest BCUT2D eigenvalue weighted by Crippen LogP contribution is -1.85. The molecule has 2 aromatic carbocycles. The number of aromatic hydroxyl groups is 1. The molecule has 25 heavy (non-hydrogen) atoms. The number of phenolic OH excluding ortho intramolecular Hbond substituents is 1. The van der Waals surface area contributed by atoms with Crippen LogP contribution in [0.4, 0.5) is 0 Å². The number of hydrogen-bond acceptors (Lipinski definition) is 6. The summed E-state index contributed by atoms with van der Waals surface area (Å²) in [6.07, 6.45) is 0. The molecule has 0 spiro atoms. The summed E-state index contributed by atoms with van der Waals surface area (Å²) in [7, 11) is 0. The second-order valence-corrected chi connectivity index (χ2v) is 5.29. The van der Waals surface area contributed by atoms with Crippen LogP contribution >= 0.6 is 0 Å². The van der Waals surface area contributed by atoms with Gasteiger partial charge in [-0.2, -0.15) is 15.6 Å². The Balaban J connectivity index is 1.78. The average molecular weight is 329 g/mol. The van der Waals surface area contributed by atoms with E-state index in [1.54, 1.807) is 36.4 Å². The van der Waals surface area contributed by atoms with E-state index in [0.717, 1.165) is 5.56 Å². The average Bonchev–Trinajstić information content (AvgIpc) is 3.34. The largest absolute Gasteiger partial charge is 0.507 e. The molecule has 2 heterocycles. The van der Waals surface area contributed by atoms with Crippen LogP contribution in [-0.2, 0) is 0 Å². The van der Waals surface area contributed by atoms with Crippen molar-refractivity contribution in [2.24, 2.45) is 0 Å². The van der Waals surface area contributed by atoms with Gasteiger partial charge in [0.2, 0.25) is 5.82 Å². The molecule has 120 valence electrons. The van der Waals surface area contributed by atoms with E-state index in [4.69, 9.17) is 0 Å². The van der Waals surface area contributed by atoms with Gasteiger partial charge in [0.1, 0.15) is 5.75 Å². The van der Waals surface area contributed by atoms with Gasteiger partial charge in [0.25, 0.3) is 0 Å². The van der Waals surface area contributed by atoms with Crippen LogP contribution in [-0.4, -0.2) is 35.9 Å². The minimum absolute atomic E-state index is 0.0823. The number of aromatic amines is 2. The van der Waals surface area contributed by atoms with E-state index in [1.165, 1.54) is 0 Å². The van der Waals surface area contributed by atoms with Gasteiger partial charge in [-0.05, 0) is 35.5 Å². The third kappa shape index (κ3) is 2.60. The zero-order chi connectivity index (χ0) is 17.2. The third-order valence-electron chi connectivity index (χ3n) is 3.79. The number of phenols is 1. The van der Waals surface area contributed by atoms with Crippen LogP contribution in [0.25, 0.3) is 33.9 Å². The van der Waals surface area contributed by atoms with Gasteiger partial charge in [-0.1, -0.05) is 18.2 Å². The highest BCUT2D eigenvalue weighted by Gasteiger charge is 2.14. The van der Waals surface area contributed by atoms with E-state index in [1.807, 2.05) is 12.1 Å². The van der Waals surface area contributed by atoms with Crippen LogP contribution in [0, 0.1) is 11.3 Å². The van der Waals surface area contributed by atoms with Crippen molar-refractivity contribution in [3.8, 4) is 45.7 Å². The minimum atomic E-state index is 0.0823. The molecule has 3 N–H and O–H groups in total. The molecule has 0 saturated carbocycles. The van der Waals surface area contributed by atoms with Crippen molar-refractivity contribution in [3.63, 3.8) is 0 Å². The van der Waals surface area contributed by atoms with Crippen molar-refractivity contribution in [1.82, 2.24) is 30.8 Å². The lowest BCUT2D eigenvalue weighted by molar-refractivity contribution is 0.477. The summed E-state index contributed by atoms with van der Waals surface area (Å²) in [6, 6.07) is 16.2. The van der Waals surface area contributed by atoms with E-state index < -0.39 is 0 Å². The summed E-state index contributed by atoms with van der Waals surface area (Å²) in [5.74, 6) is 0.505. The van der Waals surface area contributed by atoms with Crippen molar-refractivity contribution < 1.29 is 5.11 Å². The molecule has 0 bridgehead atoms. The maximum Gasteiger partial charge on any atom is 0.204 e. The summed E-state index contributed by atoms with van der Waals surface area (Å²) in [5.41, 5.74) is 3.75. The zero-order valence-corrected chi connectivity index (χ0v) is 12.8. The maximum atomic E-state index is 10.2. The van der Waals surface area contributed by atoms with Gasteiger partial charge < -0.3 is 5.11 Å². The number of benzene rings is 2. The highest BCUT2D eigenvalue weighted by Crippen LogP contribution is 2.33. The van der Waals surface area contributed by atoms with E-state index in [2.05, 4.69) is 36.9 Å². The van der Waals surface area contributed by atoms with Crippen molar-refractivity contribution in [2.75, 3.05) is 0 Å². The first-order valence-corrected chi connectivity index (χ1v) is 7.38. The van der Waals surface area contributed by atoms with Gasteiger partial charge in [0.05, 0.1) is 23.0 Å². The molecule has 4 aromatic rings. The lowest BCUT2D eigenvalue weighted by atomic mass is 10.0. The number of H-pyrrole nitrogens is 2. The number of nitrogens with one attached hydrogen (secondary N) is 2. The van der Waals surface area contributed by atoms with E-state index in [9.17, 15) is 10.4 Å². The van der Waals surface area contributed by atoms with Gasteiger partial charge in [-0.25, -0.2) is 0 Å². The predicted molar refractivity (Wildman–Crippen MR) is 89.0 cm³/mol. The molecule has 8 nitrogen and oxygen atoms in total. The molecule has 0 saturated heterocycles. The third-order valence-corrected chi connectivity index (χ3v) is 3.79. The molecule has 0 unspecified atom stereocenters. The number of hydrogen-bond donors (Lipinski definition) is 3. The Morgan fingerprint density at radius 1 is 1.00 bits per heavy atom. The molecule has 0 aliphatic rings. The van der Waals surface area contributed by atoms with Gasteiger partial charge in [0, 0.05) is 16.7 Å². The molecule has 0 fully saturated rings. The summed E-state index contributed by atoms with van der Waals surface area (Å²) in [5, 5.41) is 40.4. The fraction of sp³-hybridized carbons (Fsp3) is 0. The molecule has 0 atom stereocenters. The standard InChI is InChI=1S/C17H11N7O/c18-9-11-3-1-2-4-12(11)14-8-15(20-19-14)13-7-10(5-6-16(13)25)17-21-23-24-22-17/h1-8,25H,(H,19,20)(H,21,22,23,24). The first-order chi connectivity index (χ1) is 12.3. The Hall–Kier alpha value is -3.99. The predicted octanol–water partition coefficient (Wildman–Crippen LogP) is 2.50. The Morgan fingerprint density at radius 2 is 1.88 bits per heavy atom. The smallest absolute Gasteiger partial charge is 0.204 e. The highest BCUT2D eigenvalue weighted by molar-refractivity contribution is 5.77. The van der Waals surface area contributed by atoms with Crippen molar-refractivity contribution in [1.29, 1.82) is 5.26 Å². The Labute approximate surface area is 141 Å². The number of nitriles is 1. The zero-order valence-electron chi connectivity index (χ0n) is 12.8. The molecule has 4 rings (SSSR count). The maximum absolute atomic E-state index is 10.2. The Bertz CT molecular complexity index is 1080. The van der Waals surface area contributed by atoms with Gasteiger partial charge in [-0.15, -0.1) is 10.2 Å². The molecular weight excluding hydrogens is 318 g/mol. The number of nitrogens with zero attached hydrogens (tertiary/aromatic N) is 5.